The maximum absolute atomic E-state index is 6.05. The zero-order valence-electron chi connectivity index (χ0n) is 38.8. The molecule has 0 amide bonds. The number of unbranched alkanes of at least 4 members (excludes halogenated alkanes) is 36. The van der Waals surface area contributed by atoms with E-state index in [1.54, 1.807) is 0 Å². The molecule has 2 nitrogen and oxygen atoms in total. The monoisotopic (exact) mass is 866 g/mol. The van der Waals surface area contributed by atoms with Gasteiger partial charge in [0.1, 0.15) is 12.3 Å². The number of ether oxygens (including phenoxy) is 1. The Balaban J connectivity index is 0.0000168. The van der Waals surface area contributed by atoms with Crippen molar-refractivity contribution in [3.05, 3.63) is 59.9 Å². The number of pyridine rings is 1. The number of nitrogens with zero attached hydrogens (tertiary/aromatic N) is 1. The maximum atomic E-state index is 6.05. The van der Waals surface area contributed by atoms with E-state index in [2.05, 4.69) is 79.4 Å². The molecule has 0 aliphatic carbocycles. The fourth-order valence-corrected chi connectivity index (χ4v) is 8.34. The third kappa shape index (κ3) is 35.2. The Morgan fingerprint density at radius 3 is 0.948 bits per heavy atom. The van der Waals surface area contributed by atoms with Gasteiger partial charge in [0, 0.05) is 18.6 Å². The van der Waals surface area contributed by atoms with Crippen LogP contribution in [0.5, 0.6) is 5.75 Å². The van der Waals surface area contributed by atoms with E-state index >= 15 is 0 Å². The van der Waals surface area contributed by atoms with E-state index in [0.29, 0.717) is 0 Å². The average Bonchev–Trinajstić information content (AvgIpc) is 3.24. The molecular formula is C55H96BrNO. The van der Waals surface area contributed by atoms with Gasteiger partial charge in [0.15, 0.2) is 12.4 Å². The maximum Gasteiger partial charge on any atom is 0.169 e. The molecule has 0 unspecified atom stereocenters. The second-order valence-electron chi connectivity index (χ2n) is 17.8. The van der Waals surface area contributed by atoms with Crippen LogP contribution in [0.25, 0.3) is 12.2 Å². The van der Waals surface area contributed by atoms with Gasteiger partial charge in [-0.2, -0.15) is 0 Å². The van der Waals surface area contributed by atoms with Crippen molar-refractivity contribution in [2.45, 2.75) is 264 Å². The van der Waals surface area contributed by atoms with Crippen molar-refractivity contribution in [3.63, 3.8) is 0 Å². The molecule has 0 bridgehead atoms. The molecule has 0 fully saturated rings. The number of aromatic nitrogens is 1. The molecule has 0 radical (unpaired) electrons. The van der Waals surface area contributed by atoms with Crippen LogP contribution in [0, 0.1) is 0 Å². The first kappa shape index (κ1) is 54.4. The predicted molar refractivity (Wildman–Crippen MR) is 254 cm³/mol. The Morgan fingerprint density at radius 1 is 0.345 bits per heavy atom. The van der Waals surface area contributed by atoms with Gasteiger partial charge < -0.3 is 21.7 Å². The summed E-state index contributed by atoms with van der Waals surface area (Å²) >= 11 is 0. The standard InChI is InChI=1S/C55H96NO.BrH/c1-3-5-7-9-11-13-15-17-19-21-23-24-26-28-30-32-34-36-38-40-52-57-55-45-43-53(44-46-55)41-42-54-47-50-56(51-48-54)49-39-37-35-33-31-29-27-25-22-20-18-16-14-12-10-8-6-4-2;/h41-48,50-51H,3-40,49,52H2,1-2H3;1H/q+1;/p-1/b42-41+;. The zero-order valence-corrected chi connectivity index (χ0v) is 40.4. The summed E-state index contributed by atoms with van der Waals surface area (Å²) < 4.78 is 8.39. The third-order valence-corrected chi connectivity index (χ3v) is 12.3. The van der Waals surface area contributed by atoms with E-state index in [-0.39, 0.29) is 17.0 Å². The molecule has 1 aromatic carbocycles. The topological polar surface area (TPSA) is 13.1 Å². The molecule has 0 atom stereocenters. The summed E-state index contributed by atoms with van der Waals surface area (Å²) in [5, 5.41) is 0. The number of benzene rings is 1. The van der Waals surface area contributed by atoms with Gasteiger partial charge in [0.05, 0.1) is 6.61 Å². The van der Waals surface area contributed by atoms with Crippen LogP contribution in [0.3, 0.4) is 0 Å². The van der Waals surface area contributed by atoms with E-state index in [1.165, 1.54) is 249 Å². The minimum Gasteiger partial charge on any atom is -1.00 e. The predicted octanol–water partition coefficient (Wildman–Crippen LogP) is 15.4. The normalized spacial score (nSPS) is 11.4. The molecule has 2 rings (SSSR count). The van der Waals surface area contributed by atoms with Gasteiger partial charge in [-0.1, -0.05) is 263 Å². The van der Waals surface area contributed by atoms with Crippen molar-refractivity contribution >= 4 is 12.2 Å². The van der Waals surface area contributed by atoms with E-state index in [9.17, 15) is 0 Å². The van der Waals surface area contributed by atoms with Crippen LogP contribution in [-0.4, -0.2) is 6.61 Å². The molecule has 0 aliphatic rings. The Morgan fingerprint density at radius 2 is 0.621 bits per heavy atom. The van der Waals surface area contributed by atoms with Gasteiger partial charge in [-0.05, 0) is 36.1 Å². The quantitative estimate of drug-likeness (QED) is 0.0478. The summed E-state index contributed by atoms with van der Waals surface area (Å²) in [7, 11) is 0. The van der Waals surface area contributed by atoms with Crippen LogP contribution in [0.2, 0.25) is 0 Å². The zero-order chi connectivity index (χ0) is 40.4. The van der Waals surface area contributed by atoms with E-state index in [4.69, 9.17) is 4.74 Å². The van der Waals surface area contributed by atoms with Gasteiger partial charge in [0.2, 0.25) is 0 Å². The molecule has 58 heavy (non-hydrogen) atoms. The molecule has 1 heterocycles. The fourth-order valence-electron chi connectivity index (χ4n) is 8.34. The van der Waals surface area contributed by atoms with E-state index in [0.717, 1.165) is 25.3 Å². The van der Waals surface area contributed by atoms with Crippen LogP contribution in [-0.2, 0) is 6.54 Å². The van der Waals surface area contributed by atoms with Gasteiger partial charge in [0.25, 0.3) is 0 Å². The van der Waals surface area contributed by atoms with Crippen molar-refractivity contribution in [3.8, 4) is 5.75 Å². The number of hydrogen-bond acceptors (Lipinski definition) is 1. The summed E-state index contributed by atoms with van der Waals surface area (Å²) in [5.74, 6) is 0.991. The van der Waals surface area contributed by atoms with Gasteiger partial charge in [-0.15, -0.1) is 0 Å². The highest BCUT2D eigenvalue weighted by Crippen LogP contribution is 2.18. The molecule has 0 N–H and O–H groups in total. The largest absolute Gasteiger partial charge is 1.00 e. The van der Waals surface area contributed by atoms with E-state index < -0.39 is 0 Å². The van der Waals surface area contributed by atoms with Crippen molar-refractivity contribution in [1.29, 1.82) is 0 Å². The Kier molecular flexibility index (Phi) is 40.8. The lowest BCUT2D eigenvalue weighted by molar-refractivity contribution is -0.697. The molecule has 0 spiro atoms. The van der Waals surface area contributed by atoms with Gasteiger partial charge in [-0.3, -0.25) is 0 Å². The SMILES string of the molecule is CCCCCCCCCCCCCCCCCCCCCCOc1ccc(/C=C/c2cc[n+](CCCCCCCCCCCCCCCCCCCC)cc2)cc1.[Br-]. The molecule has 3 heteroatoms. The lowest BCUT2D eigenvalue weighted by Crippen LogP contribution is -3.00. The summed E-state index contributed by atoms with van der Waals surface area (Å²) in [6.45, 7) is 6.57. The lowest BCUT2D eigenvalue weighted by atomic mass is 10.0. The second kappa shape index (κ2) is 43.5. The van der Waals surface area contributed by atoms with Crippen LogP contribution in [0.15, 0.2) is 48.8 Å². The van der Waals surface area contributed by atoms with Crippen molar-refractivity contribution in [1.82, 2.24) is 0 Å². The second-order valence-corrected chi connectivity index (χ2v) is 17.8. The van der Waals surface area contributed by atoms with Crippen LogP contribution in [0.4, 0.5) is 0 Å². The number of halogens is 1. The Hall–Kier alpha value is -1.61. The molecular weight excluding hydrogens is 771 g/mol. The third-order valence-electron chi connectivity index (χ3n) is 12.3. The fraction of sp³-hybridized carbons (Fsp3) is 0.764. The summed E-state index contributed by atoms with van der Waals surface area (Å²) in [6.07, 6.45) is 63.0. The molecule has 1 aromatic heterocycles. The first-order chi connectivity index (χ1) is 28.3. The van der Waals surface area contributed by atoms with Crippen LogP contribution >= 0.6 is 0 Å². The van der Waals surface area contributed by atoms with Crippen molar-refractivity contribution in [2.24, 2.45) is 0 Å². The number of rotatable bonds is 43. The van der Waals surface area contributed by atoms with Crippen LogP contribution in [0.1, 0.15) is 269 Å². The Bertz CT molecular complexity index is 1110. The summed E-state index contributed by atoms with van der Waals surface area (Å²) in [4.78, 5) is 0. The number of hydrogen-bond donors (Lipinski definition) is 0. The van der Waals surface area contributed by atoms with Crippen LogP contribution < -0.4 is 26.3 Å². The van der Waals surface area contributed by atoms with Crippen molar-refractivity contribution < 1.29 is 26.3 Å². The van der Waals surface area contributed by atoms with Gasteiger partial charge >= 0.3 is 0 Å². The summed E-state index contributed by atoms with van der Waals surface area (Å²) in [5.41, 5.74) is 2.47. The molecule has 0 saturated heterocycles. The van der Waals surface area contributed by atoms with Crippen molar-refractivity contribution in [2.75, 3.05) is 6.61 Å². The lowest BCUT2D eigenvalue weighted by Gasteiger charge is -2.07. The highest BCUT2D eigenvalue weighted by molar-refractivity contribution is 5.69. The first-order valence-corrected chi connectivity index (χ1v) is 25.7. The minimum atomic E-state index is 0. The smallest absolute Gasteiger partial charge is 0.169 e. The summed E-state index contributed by atoms with van der Waals surface area (Å²) in [6, 6.07) is 13.1. The first-order valence-electron chi connectivity index (χ1n) is 25.7. The molecule has 2 aromatic rings. The number of aryl methyl sites for hydroxylation is 1. The molecule has 334 valence electrons. The molecule has 0 aliphatic heterocycles. The molecule has 0 saturated carbocycles. The highest BCUT2D eigenvalue weighted by atomic mass is 79.9. The average molecular weight is 867 g/mol. The highest BCUT2D eigenvalue weighted by Gasteiger charge is 2.02. The van der Waals surface area contributed by atoms with Gasteiger partial charge in [-0.25, -0.2) is 4.57 Å². The Labute approximate surface area is 373 Å². The minimum absolute atomic E-state index is 0. The van der Waals surface area contributed by atoms with E-state index in [1.807, 2.05) is 0 Å².